The SMILES string of the molecule is CN(CCC(=O)O)C(=O)NC(CC(C)(C)C)c1ccc(Cl)cc1. The lowest BCUT2D eigenvalue weighted by Crippen LogP contribution is -2.41. The average Bonchev–Trinajstić information content (AvgIpc) is 2.43. The fourth-order valence-electron chi connectivity index (χ4n) is 2.18. The van der Waals surface area contributed by atoms with Crippen molar-refractivity contribution in [3.8, 4) is 0 Å². The van der Waals surface area contributed by atoms with Gasteiger partial charge in [-0.1, -0.05) is 44.5 Å². The molecule has 128 valence electrons. The zero-order chi connectivity index (χ0) is 17.6. The van der Waals surface area contributed by atoms with Gasteiger partial charge in [0.25, 0.3) is 0 Å². The van der Waals surface area contributed by atoms with E-state index in [1.165, 1.54) is 4.90 Å². The van der Waals surface area contributed by atoms with Crippen molar-refractivity contribution in [3.63, 3.8) is 0 Å². The van der Waals surface area contributed by atoms with E-state index in [0.29, 0.717) is 5.02 Å². The number of amides is 2. The molecule has 0 saturated carbocycles. The van der Waals surface area contributed by atoms with Gasteiger partial charge in [-0.2, -0.15) is 0 Å². The number of halogens is 1. The summed E-state index contributed by atoms with van der Waals surface area (Å²) >= 11 is 5.93. The summed E-state index contributed by atoms with van der Waals surface area (Å²) in [5, 5.41) is 12.3. The summed E-state index contributed by atoms with van der Waals surface area (Å²) in [6.07, 6.45) is 0.682. The third kappa shape index (κ3) is 7.37. The van der Waals surface area contributed by atoms with Gasteiger partial charge in [0.1, 0.15) is 0 Å². The minimum absolute atomic E-state index is 0.0250. The first-order valence-corrected chi connectivity index (χ1v) is 7.95. The molecule has 5 nitrogen and oxygen atoms in total. The van der Waals surface area contributed by atoms with Crippen LogP contribution in [0.4, 0.5) is 4.79 Å². The van der Waals surface area contributed by atoms with Gasteiger partial charge < -0.3 is 15.3 Å². The zero-order valence-corrected chi connectivity index (χ0v) is 14.9. The Bertz CT molecular complexity index is 538. The van der Waals surface area contributed by atoms with E-state index in [4.69, 9.17) is 16.7 Å². The maximum absolute atomic E-state index is 12.3. The Labute approximate surface area is 142 Å². The molecule has 0 fully saturated rings. The largest absolute Gasteiger partial charge is 0.481 e. The van der Waals surface area contributed by atoms with Crippen molar-refractivity contribution in [2.45, 2.75) is 39.7 Å². The fraction of sp³-hybridized carbons (Fsp3) is 0.529. The molecule has 0 aromatic heterocycles. The van der Waals surface area contributed by atoms with Gasteiger partial charge in [-0.25, -0.2) is 4.79 Å². The maximum atomic E-state index is 12.3. The van der Waals surface area contributed by atoms with Crippen LogP contribution >= 0.6 is 11.6 Å². The lowest BCUT2D eigenvalue weighted by atomic mass is 9.85. The Morgan fingerprint density at radius 3 is 2.30 bits per heavy atom. The lowest BCUT2D eigenvalue weighted by molar-refractivity contribution is -0.137. The molecule has 2 amide bonds. The van der Waals surface area contributed by atoms with E-state index in [1.54, 1.807) is 19.2 Å². The topological polar surface area (TPSA) is 69.6 Å². The molecule has 0 aliphatic heterocycles. The fourth-order valence-corrected chi connectivity index (χ4v) is 2.31. The predicted octanol–water partition coefficient (Wildman–Crippen LogP) is 3.93. The molecule has 1 rings (SSSR count). The van der Waals surface area contributed by atoms with E-state index in [0.717, 1.165) is 12.0 Å². The van der Waals surface area contributed by atoms with Gasteiger partial charge in [0.15, 0.2) is 0 Å². The summed E-state index contributed by atoms with van der Waals surface area (Å²) in [6, 6.07) is 6.95. The van der Waals surface area contributed by atoms with Crippen molar-refractivity contribution in [1.29, 1.82) is 0 Å². The molecule has 0 spiro atoms. The highest BCUT2D eigenvalue weighted by atomic mass is 35.5. The highest BCUT2D eigenvalue weighted by molar-refractivity contribution is 6.30. The minimum atomic E-state index is -0.923. The number of nitrogens with zero attached hydrogens (tertiary/aromatic N) is 1. The van der Waals surface area contributed by atoms with Crippen molar-refractivity contribution in [2.24, 2.45) is 5.41 Å². The van der Waals surface area contributed by atoms with Crippen molar-refractivity contribution in [3.05, 3.63) is 34.9 Å². The molecule has 1 aromatic rings. The quantitative estimate of drug-likeness (QED) is 0.824. The first-order chi connectivity index (χ1) is 10.6. The molecule has 0 bridgehead atoms. The Balaban J connectivity index is 2.82. The summed E-state index contributed by atoms with van der Waals surface area (Å²) in [6.45, 7) is 6.49. The molecule has 0 aliphatic carbocycles. The number of carboxylic acid groups (broad SMARTS) is 1. The molecular weight excluding hydrogens is 316 g/mol. The standard InChI is InChI=1S/C17H25ClN2O3/c1-17(2,3)11-14(12-5-7-13(18)8-6-12)19-16(23)20(4)10-9-15(21)22/h5-8,14H,9-11H2,1-4H3,(H,19,23)(H,21,22). The van der Waals surface area contributed by atoms with Crippen molar-refractivity contribution >= 4 is 23.6 Å². The second-order valence-corrected chi connectivity index (χ2v) is 7.32. The number of carbonyl (C=O) groups is 2. The molecule has 0 radical (unpaired) electrons. The zero-order valence-electron chi connectivity index (χ0n) is 14.1. The molecular formula is C17H25ClN2O3. The highest BCUT2D eigenvalue weighted by Crippen LogP contribution is 2.30. The molecule has 1 unspecified atom stereocenters. The Morgan fingerprint density at radius 2 is 1.83 bits per heavy atom. The van der Waals surface area contributed by atoms with Crippen LogP contribution in [0.25, 0.3) is 0 Å². The average molecular weight is 341 g/mol. The third-order valence-corrected chi connectivity index (χ3v) is 3.65. The van der Waals surface area contributed by atoms with E-state index in [1.807, 2.05) is 12.1 Å². The molecule has 0 saturated heterocycles. The first-order valence-electron chi connectivity index (χ1n) is 7.57. The van der Waals surface area contributed by atoms with E-state index in [9.17, 15) is 9.59 Å². The van der Waals surface area contributed by atoms with E-state index >= 15 is 0 Å². The smallest absolute Gasteiger partial charge is 0.317 e. The van der Waals surface area contributed by atoms with Crippen LogP contribution in [0, 0.1) is 5.41 Å². The van der Waals surface area contributed by atoms with Crippen LogP contribution in [-0.4, -0.2) is 35.6 Å². The van der Waals surface area contributed by atoms with E-state index in [2.05, 4.69) is 26.1 Å². The molecule has 6 heteroatoms. The summed E-state index contributed by atoms with van der Waals surface area (Å²) in [4.78, 5) is 24.3. The van der Waals surface area contributed by atoms with Crippen LogP contribution in [0.15, 0.2) is 24.3 Å². The molecule has 1 atom stereocenters. The summed E-state index contributed by atoms with van der Waals surface area (Å²) in [7, 11) is 1.59. The predicted molar refractivity (Wildman–Crippen MR) is 91.7 cm³/mol. The van der Waals surface area contributed by atoms with Gasteiger partial charge in [-0.3, -0.25) is 4.79 Å². The van der Waals surface area contributed by atoms with Crippen molar-refractivity contribution < 1.29 is 14.7 Å². The summed E-state index contributed by atoms with van der Waals surface area (Å²) < 4.78 is 0. The third-order valence-electron chi connectivity index (χ3n) is 3.39. The minimum Gasteiger partial charge on any atom is -0.481 e. The Kier molecular flexibility index (Phi) is 6.88. The number of carbonyl (C=O) groups excluding carboxylic acids is 1. The summed E-state index contributed by atoms with van der Waals surface area (Å²) in [5.41, 5.74) is 1.00. The van der Waals surface area contributed by atoms with Gasteiger partial charge in [0, 0.05) is 18.6 Å². The van der Waals surface area contributed by atoms with Crippen LogP contribution < -0.4 is 5.32 Å². The van der Waals surface area contributed by atoms with E-state index in [-0.39, 0.29) is 30.5 Å². The van der Waals surface area contributed by atoms with Crippen molar-refractivity contribution in [2.75, 3.05) is 13.6 Å². The monoisotopic (exact) mass is 340 g/mol. The van der Waals surface area contributed by atoms with Crippen molar-refractivity contribution in [1.82, 2.24) is 10.2 Å². The molecule has 0 heterocycles. The molecule has 1 aromatic carbocycles. The van der Waals surface area contributed by atoms with Gasteiger partial charge in [-0.15, -0.1) is 0 Å². The van der Waals surface area contributed by atoms with Gasteiger partial charge in [0.2, 0.25) is 0 Å². The lowest BCUT2D eigenvalue weighted by Gasteiger charge is -2.29. The number of hydrogen-bond donors (Lipinski definition) is 2. The van der Waals surface area contributed by atoms with Crippen LogP contribution in [0.5, 0.6) is 0 Å². The first kappa shape index (κ1) is 19.3. The number of carboxylic acids is 1. The number of aliphatic carboxylic acids is 1. The van der Waals surface area contributed by atoms with Crippen LogP contribution in [-0.2, 0) is 4.79 Å². The Morgan fingerprint density at radius 1 is 1.26 bits per heavy atom. The maximum Gasteiger partial charge on any atom is 0.317 e. The Hall–Kier alpha value is -1.75. The van der Waals surface area contributed by atoms with E-state index < -0.39 is 5.97 Å². The highest BCUT2D eigenvalue weighted by Gasteiger charge is 2.23. The van der Waals surface area contributed by atoms with Crippen LogP contribution in [0.1, 0.15) is 45.2 Å². The molecule has 23 heavy (non-hydrogen) atoms. The van der Waals surface area contributed by atoms with Crippen LogP contribution in [0.3, 0.4) is 0 Å². The van der Waals surface area contributed by atoms with Gasteiger partial charge in [0.05, 0.1) is 12.5 Å². The second kappa shape index (κ2) is 8.20. The van der Waals surface area contributed by atoms with Gasteiger partial charge >= 0.3 is 12.0 Å². The number of hydrogen-bond acceptors (Lipinski definition) is 2. The van der Waals surface area contributed by atoms with Gasteiger partial charge in [-0.05, 0) is 29.5 Å². The second-order valence-electron chi connectivity index (χ2n) is 6.88. The summed E-state index contributed by atoms with van der Waals surface area (Å²) in [5.74, 6) is -0.923. The number of rotatable bonds is 6. The number of nitrogens with one attached hydrogen (secondary N) is 1. The molecule has 2 N–H and O–H groups in total. The number of benzene rings is 1. The van der Waals surface area contributed by atoms with Crippen LogP contribution in [0.2, 0.25) is 5.02 Å². The molecule has 0 aliphatic rings. The number of urea groups is 1. The normalized spacial score (nSPS) is 12.6.